The van der Waals surface area contributed by atoms with Crippen molar-refractivity contribution in [2.45, 2.75) is 25.3 Å². The number of fused-ring (bicyclic) bond motifs is 3. The molecule has 0 radical (unpaired) electrons. The first-order valence-electron chi connectivity index (χ1n) is 7.92. The number of para-hydroxylation sites is 1. The lowest BCUT2D eigenvalue weighted by molar-refractivity contribution is -0.104. The third kappa shape index (κ3) is 3.07. The van der Waals surface area contributed by atoms with Crippen LogP contribution in [0.1, 0.15) is 30.1 Å². The lowest BCUT2D eigenvalue weighted by Gasteiger charge is -2.35. The van der Waals surface area contributed by atoms with Gasteiger partial charge in [0.2, 0.25) is 0 Å². The van der Waals surface area contributed by atoms with E-state index in [1.165, 1.54) is 28.2 Å². The standard InChI is InChI=1S/C20H20N2O/c1-2-3-11-19-20-17(16-9-5-6-10-18(16)21-20)12-14-22(19)13-7-4-8-15-23/h1,4-10,13,15,19,21H,3,11-12,14H2/b8-4+,13-7+. The molecule has 23 heavy (non-hydrogen) atoms. The molecule has 1 aromatic heterocycles. The molecule has 0 bridgehead atoms. The Morgan fingerprint density at radius 3 is 3.00 bits per heavy atom. The van der Waals surface area contributed by atoms with Crippen LogP contribution in [0.15, 0.2) is 48.7 Å². The van der Waals surface area contributed by atoms with Crippen molar-refractivity contribution < 1.29 is 4.79 Å². The third-order valence-electron chi connectivity index (χ3n) is 4.34. The number of hydrogen-bond acceptors (Lipinski definition) is 2. The minimum atomic E-state index is 0.253. The zero-order chi connectivity index (χ0) is 16.1. The summed E-state index contributed by atoms with van der Waals surface area (Å²) in [5.74, 6) is 2.75. The van der Waals surface area contributed by atoms with Crippen molar-refractivity contribution in [3.05, 3.63) is 60.0 Å². The van der Waals surface area contributed by atoms with Gasteiger partial charge in [0.1, 0.15) is 6.29 Å². The van der Waals surface area contributed by atoms with Gasteiger partial charge in [-0.1, -0.05) is 24.3 Å². The van der Waals surface area contributed by atoms with Crippen LogP contribution >= 0.6 is 0 Å². The Labute approximate surface area is 136 Å². The second-order valence-corrected chi connectivity index (χ2v) is 5.67. The quantitative estimate of drug-likeness (QED) is 0.395. The predicted octanol–water partition coefficient (Wildman–Crippen LogP) is 3.75. The van der Waals surface area contributed by atoms with Gasteiger partial charge in [-0.15, -0.1) is 12.3 Å². The number of carbonyl (C=O) groups is 1. The maximum absolute atomic E-state index is 10.4. The molecule has 2 aromatic rings. The minimum Gasteiger partial charge on any atom is -0.369 e. The van der Waals surface area contributed by atoms with Crippen LogP contribution in [-0.2, 0) is 11.2 Å². The topological polar surface area (TPSA) is 36.1 Å². The van der Waals surface area contributed by atoms with Gasteiger partial charge >= 0.3 is 0 Å². The fourth-order valence-electron chi connectivity index (χ4n) is 3.32. The number of aromatic nitrogens is 1. The van der Waals surface area contributed by atoms with Crippen molar-refractivity contribution >= 4 is 17.2 Å². The number of benzene rings is 1. The molecule has 3 nitrogen and oxygen atoms in total. The van der Waals surface area contributed by atoms with Crippen molar-refractivity contribution in [1.82, 2.24) is 9.88 Å². The van der Waals surface area contributed by atoms with E-state index < -0.39 is 0 Å². The summed E-state index contributed by atoms with van der Waals surface area (Å²) in [6.45, 7) is 0.954. The fraction of sp³-hybridized carbons (Fsp3) is 0.250. The van der Waals surface area contributed by atoms with E-state index in [9.17, 15) is 4.79 Å². The van der Waals surface area contributed by atoms with E-state index in [1.54, 1.807) is 6.08 Å². The summed E-state index contributed by atoms with van der Waals surface area (Å²) in [6.07, 6.45) is 16.1. The zero-order valence-corrected chi connectivity index (χ0v) is 13.0. The number of nitrogens with zero attached hydrogens (tertiary/aromatic N) is 1. The molecule has 1 N–H and O–H groups in total. The number of terminal acetylenes is 1. The summed E-state index contributed by atoms with van der Waals surface area (Å²) in [5.41, 5.74) is 3.88. The van der Waals surface area contributed by atoms with Crippen LogP contribution < -0.4 is 0 Å². The maximum Gasteiger partial charge on any atom is 0.142 e. The second kappa shape index (κ2) is 7.02. The molecule has 3 rings (SSSR count). The van der Waals surface area contributed by atoms with Gasteiger partial charge in [-0.05, 0) is 42.8 Å². The molecular formula is C20H20N2O. The average Bonchev–Trinajstić information content (AvgIpc) is 2.96. The first-order chi connectivity index (χ1) is 11.3. The molecule has 0 saturated heterocycles. The molecule has 1 aromatic carbocycles. The summed E-state index contributed by atoms with van der Waals surface area (Å²) in [7, 11) is 0. The zero-order valence-electron chi connectivity index (χ0n) is 13.0. The highest BCUT2D eigenvalue weighted by atomic mass is 16.1. The Hall–Kier alpha value is -2.73. The third-order valence-corrected chi connectivity index (χ3v) is 4.34. The SMILES string of the molecule is C#CCCC1c2[nH]c3ccccc3c2CCN1/C=C/C=C/C=O. The maximum atomic E-state index is 10.4. The monoisotopic (exact) mass is 304 g/mol. The smallest absolute Gasteiger partial charge is 0.142 e. The molecule has 1 atom stereocenters. The molecule has 0 fully saturated rings. The number of carbonyl (C=O) groups excluding carboxylic acids is 1. The summed E-state index contributed by atoms with van der Waals surface area (Å²) >= 11 is 0. The molecule has 0 spiro atoms. The molecular weight excluding hydrogens is 284 g/mol. The summed E-state index contributed by atoms with van der Waals surface area (Å²) < 4.78 is 0. The van der Waals surface area contributed by atoms with Crippen molar-refractivity contribution in [2.24, 2.45) is 0 Å². The Bertz CT molecular complexity index is 792. The van der Waals surface area contributed by atoms with E-state index in [-0.39, 0.29) is 6.04 Å². The van der Waals surface area contributed by atoms with Crippen LogP contribution in [0, 0.1) is 12.3 Å². The highest BCUT2D eigenvalue weighted by Crippen LogP contribution is 2.36. The number of rotatable bonds is 5. The summed E-state index contributed by atoms with van der Waals surface area (Å²) in [6, 6.07) is 8.70. The van der Waals surface area contributed by atoms with Crippen molar-refractivity contribution in [1.29, 1.82) is 0 Å². The van der Waals surface area contributed by atoms with Gasteiger partial charge in [-0.25, -0.2) is 0 Å². The van der Waals surface area contributed by atoms with Crippen molar-refractivity contribution in [3.63, 3.8) is 0 Å². The first kappa shape index (κ1) is 15.2. The largest absolute Gasteiger partial charge is 0.369 e. The van der Waals surface area contributed by atoms with E-state index in [4.69, 9.17) is 6.42 Å². The molecule has 1 aliphatic rings. The lowest BCUT2D eigenvalue weighted by Crippen LogP contribution is -2.31. The van der Waals surface area contributed by atoms with E-state index in [2.05, 4.69) is 46.3 Å². The average molecular weight is 304 g/mol. The highest BCUT2D eigenvalue weighted by molar-refractivity contribution is 5.85. The van der Waals surface area contributed by atoms with Crippen molar-refractivity contribution in [3.8, 4) is 12.3 Å². The number of allylic oxidation sites excluding steroid dienone is 3. The Balaban J connectivity index is 1.95. The van der Waals surface area contributed by atoms with E-state index in [0.717, 1.165) is 32.1 Å². The van der Waals surface area contributed by atoms with Crippen molar-refractivity contribution in [2.75, 3.05) is 6.54 Å². The second-order valence-electron chi connectivity index (χ2n) is 5.67. The van der Waals surface area contributed by atoms with Gasteiger partial charge in [-0.2, -0.15) is 0 Å². The molecule has 0 aliphatic carbocycles. The van der Waals surface area contributed by atoms with Gasteiger partial charge in [-0.3, -0.25) is 4.79 Å². The minimum absolute atomic E-state index is 0.253. The fourth-order valence-corrected chi connectivity index (χ4v) is 3.32. The first-order valence-corrected chi connectivity index (χ1v) is 7.92. The number of nitrogens with one attached hydrogen (secondary N) is 1. The molecule has 3 heteroatoms. The normalized spacial score (nSPS) is 17.7. The number of aromatic amines is 1. The lowest BCUT2D eigenvalue weighted by atomic mass is 9.95. The van der Waals surface area contributed by atoms with Crippen LogP contribution in [0.3, 0.4) is 0 Å². The predicted molar refractivity (Wildman–Crippen MR) is 93.9 cm³/mol. The number of hydrogen-bond donors (Lipinski definition) is 1. The van der Waals surface area contributed by atoms with Gasteiger partial charge in [0.05, 0.1) is 6.04 Å². The van der Waals surface area contributed by atoms with E-state index >= 15 is 0 Å². The van der Waals surface area contributed by atoms with E-state index in [1.807, 2.05) is 6.08 Å². The van der Waals surface area contributed by atoms with Gasteiger partial charge < -0.3 is 9.88 Å². The molecule has 0 saturated carbocycles. The highest BCUT2D eigenvalue weighted by Gasteiger charge is 2.27. The number of aldehydes is 1. The van der Waals surface area contributed by atoms with Crippen LogP contribution in [0.2, 0.25) is 0 Å². The Kier molecular flexibility index (Phi) is 4.63. The van der Waals surface area contributed by atoms with Gasteiger partial charge in [0.15, 0.2) is 0 Å². The van der Waals surface area contributed by atoms with Gasteiger partial charge in [0, 0.05) is 29.6 Å². The van der Waals surface area contributed by atoms with Crippen LogP contribution in [0.5, 0.6) is 0 Å². The number of H-pyrrole nitrogens is 1. The van der Waals surface area contributed by atoms with Crippen LogP contribution in [0.4, 0.5) is 0 Å². The van der Waals surface area contributed by atoms with Gasteiger partial charge in [0.25, 0.3) is 0 Å². The van der Waals surface area contributed by atoms with E-state index in [0.29, 0.717) is 0 Å². The summed E-state index contributed by atoms with van der Waals surface area (Å²) in [5, 5.41) is 1.32. The molecule has 1 unspecified atom stereocenters. The Morgan fingerprint density at radius 2 is 2.17 bits per heavy atom. The molecule has 116 valence electrons. The summed E-state index contributed by atoms with van der Waals surface area (Å²) in [4.78, 5) is 16.3. The molecule has 0 amide bonds. The Morgan fingerprint density at radius 1 is 1.30 bits per heavy atom. The van der Waals surface area contributed by atoms with Crippen LogP contribution in [-0.4, -0.2) is 22.7 Å². The van der Waals surface area contributed by atoms with Crippen LogP contribution in [0.25, 0.3) is 10.9 Å². The molecule has 2 heterocycles. The molecule has 1 aliphatic heterocycles.